The van der Waals surface area contributed by atoms with E-state index in [0.717, 1.165) is 12.8 Å². The van der Waals surface area contributed by atoms with Crippen molar-refractivity contribution in [3.63, 3.8) is 0 Å². The van der Waals surface area contributed by atoms with Gasteiger partial charge < -0.3 is 14.4 Å². The Balaban J connectivity index is 1.56. The lowest BCUT2D eigenvalue weighted by atomic mass is 10.1. The van der Waals surface area contributed by atoms with Crippen LogP contribution < -0.4 is 10.5 Å². The lowest BCUT2D eigenvalue weighted by Gasteiger charge is -2.36. The molecule has 3 atom stereocenters. The number of hydrogen-bond donors (Lipinski definition) is 0. The standard InChI is InChI=1S/C23H26N4O4S2/c1-14-11-25(12-15(2)31-14)20-17(21(28)26-8-4-3-7-19(26)24-20)10-18-22(29)27(23(32)33-18)13-16-6-5-9-30-16/h3-4,7-8,10,14-16H,5-6,9,11-13H2,1-2H3/b18-10-/t14-,15-,16+/m1/s1. The fraction of sp³-hybridized carbons (Fsp3) is 0.478. The predicted molar refractivity (Wildman–Crippen MR) is 133 cm³/mol. The third-order valence-electron chi connectivity index (χ3n) is 6.03. The number of ether oxygens (including phenoxy) is 2. The van der Waals surface area contributed by atoms with Crippen molar-refractivity contribution in [2.75, 3.05) is 31.1 Å². The molecular weight excluding hydrogens is 460 g/mol. The van der Waals surface area contributed by atoms with Gasteiger partial charge in [-0.25, -0.2) is 4.98 Å². The number of aromatic nitrogens is 2. The van der Waals surface area contributed by atoms with Crippen molar-refractivity contribution < 1.29 is 14.3 Å². The fourth-order valence-corrected chi connectivity index (χ4v) is 5.85. The summed E-state index contributed by atoms with van der Waals surface area (Å²) in [6.45, 7) is 6.40. The number of thiocarbonyl (C=S) groups is 1. The molecule has 0 saturated carbocycles. The Kier molecular flexibility index (Phi) is 6.26. The summed E-state index contributed by atoms with van der Waals surface area (Å²) in [7, 11) is 0. The highest BCUT2D eigenvalue weighted by Gasteiger charge is 2.35. The van der Waals surface area contributed by atoms with E-state index in [1.54, 1.807) is 23.2 Å². The summed E-state index contributed by atoms with van der Waals surface area (Å²) in [6.07, 6.45) is 5.28. The Labute approximate surface area is 201 Å². The highest BCUT2D eigenvalue weighted by Crippen LogP contribution is 2.34. The second kappa shape index (κ2) is 9.17. The molecule has 3 fully saturated rings. The van der Waals surface area contributed by atoms with Crippen LogP contribution in [0.25, 0.3) is 11.7 Å². The number of anilines is 1. The number of carbonyl (C=O) groups excluding carboxylic acids is 1. The van der Waals surface area contributed by atoms with E-state index in [-0.39, 0.29) is 29.8 Å². The van der Waals surface area contributed by atoms with E-state index in [1.807, 2.05) is 26.0 Å². The molecule has 3 aliphatic rings. The molecule has 0 spiro atoms. The molecular formula is C23H26N4O4S2. The maximum Gasteiger partial charge on any atom is 0.267 e. The highest BCUT2D eigenvalue weighted by molar-refractivity contribution is 8.26. The molecule has 174 valence electrons. The van der Waals surface area contributed by atoms with Crippen molar-refractivity contribution in [2.24, 2.45) is 0 Å². The Morgan fingerprint density at radius 2 is 2.03 bits per heavy atom. The Bertz CT molecular complexity index is 1180. The quantitative estimate of drug-likeness (QED) is 0.482. The summed E-state index contributed by atoms with van der Waals surface area (Å²) < 4.78 is 13.6. The second-order valence-corrected chi connectivity index (χ2v) is 10.3. The molecule has 8 nitrogen and oxygen atoms in total. The molecule has 2 aromatic rings. The van der Waals surface area contributed by atoms with Crippen LogP contribution in [0.1, 0.15) is 32.3 Å². The van der Waals surface area contributed by atoms with E-state index in [0.29, 0.717) is 52.5 Å². The van der Waals surface area contributed by atoms with Gasteiger partial charge in [0.2, 0.25) is 0 Å². The summed E-state index contributed by atoms with van der Waals surface area (Å²) in [4.78, 5) is 35.6. The normalized spacial score (nSPS) is 27.3. The van der Waals surface area contributed by atoms with Gasteiger partial charge in [-0.15, -0.1) is 0 Å². The zero-order valence-corrected chi connectivity index (χ0v) is 20.2. The van der Waals surface area contributed by atoms with E-state index in [1.165, 1.54) is 16.2 Å². The van der Waals surface area contributed by atoms with E-state index in [4.69, 9.17) is 26.7 Å². The van der Waals surface area contributed by atoms with Gasteiger partial charge in [-0.3, -0.25) is 18.9 Å². The van der Waals surface area contributed by atoms with E-state index in [2.05, 4.69) is 4.90 Å². The zero-order chi connectivity index (χ0) is 23.1. The van der Waals surface area contributed by atoms with Crippen LogP contribution in [0.3, 0.4) is 0 Å². The monoisotopic (exact) mass is 486 g/mol. The maximum absolute atomic E-state index is 13.5. The van der Waals surface area contributed by atoms with Crippen LogP contribution in [0.5, 0.6) is 0 Å². The van der Waals surface area contributed by atoms with Gasteiger partial charge >= 0.3 is 0 Å². The van der Waals surface area contributed by atoms with Crippen molar-refractivity contribution >= 4 is 51.7 Å². The number of morpholine rings is 1. The molecule has 0 bridgehead atoms. The number of pyridine rings is 1. The summed E-state index contributed by atoms with van der Waals surface area (Å²) in [5, 5.41) is 0. The number of fused-ring (bicyclic) bond motifs is 1. The molecule has 5 heterocycles. The highest BCUT2D eigenvalue weighted by atomic mass is 32.2. The zero-order valence-electron chi connectivity index (χ0n) is 18.6. The molecule has 33 heavy (non-hydrogen) atoms. The maximum atomic E-state index is 13.5. The largest absolute Gasteiger partial charge is 0.376 e. The van der Waals surface area contributed by atoms with E-state index < -0.39 is 0 Å². The lowest BCUT2D eigenvalue weighted by molar-refractivity contribution is -0.123. The number of thioether (sulfide) groups is 1. The van der Waals surface area contributed by atoms with Gasteiger partial charge in [0, 0.05) is 25.9 Å². The summed E-state index contributed by atoms with van der Waals surface area (Å²) in [6, 6.07) is 5.45. The number of amides is 1. The van der Waals surface area contributed by atoms with Crippen LogP contribution in [-0.4, -0.2) is 69.1 Å². The van der Waals surface area contributed by atoms with Crippen LogP contribution >= 0.6 is 24.0 Å². The fourth-order valence-electron chi connectivity index (χ4n) is 4.59. The van der Waals surface area contributed by atoms with Crippen molar-refractivity contribution in [3.05, 3.63) is 45.2 Å². The first-order chi connectivity index (χ1) is 15.9. The number of nitrogens with zero attached hydrogens (tertiary/aromatic N) is 4. The summed E-state index contributed by atoms with van der Waals surface area (Å²) in [5.41, 5.74) is 0.733. The van der Waals surface area contributed by atoms with Gasteiger partial charge in [0.25, 0.3) is 11.5 Å². The van der Waals surface area contributed by atoms with Crippen LogP contribution in [0.2, 0.25) is 0 Å². The number of hydrogen-bond acceptors (Lipinski definition) is 8. The van der Waals surface area contributed by atoms with Crippen LogP contribution in [0, 0.1) is 0 Å². The molecule has 3 aliphatic heterocycles. The Hall–Kier alpha value is -2.27. The van der Waals surface area contributed by atoms with Gasteiger partial charge in [-0.2, -0.15) is 0 Å². The molecule has 0 N–H and O–H groups in total. The number of rotatable bonds is 4. The minimum atomic E-state index is -0.216. The lowest BCUT2D eigenvalue weighted by Crippen LogP contribution is -2.46. The topological polar surface area (TPSA) is 76.4 Å². The molecule has 3 saturated heterocycles. The van der Waals surface area contributed by atoms with Crippen LogP contribution in [0.15, 0.2) is 34.1 Å². The average Bonchev–Trinajstić information content (AvgIpc) is 3.39. The summed E-state index contributed by atoms with van der Waals surface area (Å²) >= 11 is 6.71. The van der Waals surface area contributed by atoms with E-state index in [9.17, 15) is 9.59 Å². The minimum Gasteiger partial charge on any atom is -0.376 e. The third kappa shape index (κ3) is 4.44. The van der Waals surface area contributed by atoms with Crippen LogP contribution in [0.4, 0.5) is 5.82 Å². The number of carbonyl (C=O) groups is 1. The van der Waals surface area contributed by atoms with Gasteiger partial charge in [-0.05, 0) is 44.9 Å². The van der Waals surface area contributed by atoms with Crippen molar-refractivity contribution in [1.29, 1.82) is 0 Å². The molecule has 0 aromatic carbocycles. The van der Waals surface area contributed by atoms with Gasteiger partial charge in [0.1, 0.15) is 15.8 Å². The second-order valence-electron chi connectivity index (χ2n) is 8.67. The van der Waals surface area contributed by atoms with E-state index >= 15 is 0 Å². The van der Waals surface area contributed by atoms with Crippen molar-refractivity contribution in [1.82, 2.24) is 14.3 Å². The SMILES string of the molecule is C[C@@H]1CN(c2nc3ccccn3c(=O)c2/C=C2\SC(=S)N(C[C@@H]3CCCO3)C2=O)C[C@@H](C)O1. The third-order valence-corrected chi connectivity index (χ3v) is 7.41. The molecule has 0 radical (unpaired) electrons. The first kappa shape index (κ1) is 22.5. The van der Waals surface area contributed by atoms with Gasteiger partial charge in [-0.1, -0.05) is 30.0 Å². The smallest absolute Gasteiger partial charge is 0.267 e. The first-order valence-electron chi connectivity index (χ1n) is 11.2. The summed E-state index contributed by atoms with van der Waals surface area (Å²) in [5.74, 6) is 0.380. The predicted octanol–water partition coefficient (Wildman–Crippen LogP) is 2.69. The van der Waals surface area contributed by atoms with Crippen LogP contribution in [-0.2, 0) is 14.3 Å². The molecule has 10 heteroatoms. The van der Waals surface area contributed by atoms with Crippen molar-refractivity contribution in [2.45, 2.75) is 45.0 Å². The Morgan fingerprint density at radius 1 is 1.24 bits per heavy atom. The van der Waals surface area contributed by atoms with Crippen molar-refractivity contribution in [3.8, 4) is 0 Å². The average molecular weight is 487 g/mol. The van der Waals surface area contributed by atoms with Gasteiger partial charge in [0.05, 0.1) is 35.3 Å². The van der Waals surface area contributed by atoms with Gasteiger partial charge in [0.15, 0.2) is 0 Å². The Morgan fingerprint density at radius 3 is 2.76 bits per heavy atom. The molecule has 0 unspecified atom stereocenters. The molecule has 0 aliphatic carbocycles. The molecule has 1 amide bonds. The molecule has 5 rings (SSSR count). The first-order valence-corrected chi connectivity index (χ1v) is 12.4. The minimum absolute atomic E-state index is 0.00208. The molecule has 2 aromatic heterocycles.